The molecule has 6 rings (SSSR count). The van der Waals surface area contributed by atoms with Gasteiger partial charge in [-0.1, -0.05) is 113 Å². The van der Waals surface area contributed by atoms with Crippen LogP contribution >= 0.6 is 0 Å². The number of carbonyl (C=O) groups excluding carboxylic acids is 1. The molecule has 2 saturated carbocycles. The van der Waals surface area contributed by atoms with Crippen LogP contribution in [0.15, 0.2) is 60.7 Å². The Morgan fingerprint density at radius 3 is 2.23 bits per heavy atom. The second kappa shape index (κ2) is 15.9. The number of nitrogens with zero attached hydrogens (tertiary/aromatic N) is 4. The Balaban J connectivity index is 0.874. The van der Waals surface area contributed by atoms with Gasteiger partial charge in [0.15, 0.2) is 0 Å². The van der Waals surface area contributed by atoms with E-state index in [2.05, 4.69) is 100 Å². The van der Waals surface area contributed by atoms with Crippen LogP contribution in [0, 0.1) is 12.3 Å². The van der Waals surface area contributed by atoms with Gasteiger partial charge in [0, 0.05) is 49.0 Å². The standard InChI is InChI=1S/C40H57N5O2/c1-30(2)39-43-42-31(3)45(39)37-28-36-40(37)25-23-35(40)44(36)26-24-34(33-20-14-11-15-21-33)41-38(46)22-16-8-6-4-5-7-9-17-27-47-29-32-18-12-10-13-19-32/h10-15,18-21,30,34-37H,4-9,16-17,22-29H2,1-3H3,(H,41,46)/t34-,35?,36?,37?,40?/m0/s1. The molecule has 7 nitrogen and oxygen atoms in total. The summed E-state index contributed by atoms with van der Waals surface area (Å²) in [7, 11) is 0. The van der Waals surface area contributed by atoms with Crippen molar-refractivity contribution < 1.29 is 9.53 Å². The molecule has 7 heteroatoms. The first-order valence-corrected chi connectivity index (χ1v) is 18.6. The van der Waals surface area contributed by atoms with E-state index in [0.717, 1.165) is 50.5 Å². The van der Waals surface area contributed by atoms with Crippen molar-refractivity contribution in [2.24, 2.45) is 5.41 Å². The van der Waals surface area contributed by atoms with Crippen molar-refractivity contribution in [2.75, 3.05) is 13.2 Å². The fourth-order valence-corrected chi connectivity index (χ4v) is 8.84. The second-order valence-corrected chi connectivity index (χ2v) is 14.7. The summed E-state index contributed by atoms with van der Waals surface area (Å²) in [6.07, 6.45) is 14.9. The average molecular weight is 640 g/mol. The molecule has 4 unspecified atom stereocenters. The lowest BCUT2D eigenvalue weighted by atomic mass is 9.40. The van der Waals surface area contributed by atoms with E-state index in [1.165, 1.54) is 62.5 Å². The predicted octanol–water partition coefficient (Wildman–Crippen LogP) is 8.46. The first-order valence-electron chi connectivity index (χ1n) is 18.6. The highest BCUT2D eigenvalue weighted by Crippen LogP contribution is 2.73. The van der Waals surface area contributed by atoms with E-state index >= 15 is 0 Å². The third-order valence-electron chi connectivity index (χ3n) is 11.4. The first-order chi connectivity index (χ1) is 23.0. The molecule has 254 valence electrons. The number of hydrogen-bond donors (Lipinski definition) is 1. The number of amides is 1. The zero-order valence-electron chi connectivity index (χ0n) is 29.1. The molecule has 1 aliphatic heterocycles. The summed E-state index contributed by atoms with van der Waals surface area (Å²) >= 11 is 0. The van der Waals surface area contributed by atoms with Gasteiger partial charge in [-0.05, 0) is 56.6 Å². The van der Waals surface area contributed by atoms with E-state index < -0.39 is 0 Å². The predicted molar refractivity (Wildman–Crippen MR) is 188 cm³/mol. The summed E-state index contributed by atoms with van der Waals surface area (Å²) in [5.74, 6) is 2.80. The summed E-state index contributed by atoms with van der Waals surface area (Å²) in [6, 6.07) is 22.9. The number of unbranched alkanes of at least 4 members (excludes halogenated alkanes) is 7. The van der Waals surface area contributed by atoms with Gasteiger partial charge in [0.1, 0.15) is 11.6 Å². The molecule has 3 aromatic rings. The zero-order valence-corrected chi connectivity index (χ0v) is 29.1. The monoisotopic (exact) mass is 639 g/mol. The maximum Gasteiger partial charge on any atom is 0.220 e. The second-order valence-electron chi connectivity index (χ2n) is 14.7. The number of piperidine rings is 2. The van der Waals surface area contributed by atoms with Crippen molar-refractivity contribution in [3.8, 4) is 0 Å². The van der Waals surface area contributed by atoms with Gasteiger partial charge in [-0.25, -0.2) is 0 Å². The van der Waals surface area contributed by atoms with Crippen LogP contribution < -0.4 is 5.32 Å². The largest absolute Gasteiger partial charge is 0.377 e. The summed E-state index contributed by atoms with van der Waals surface area (Å²) in [5.41, 5.74) is 2.88. The molecule has 1 N–H and O–H groups in total. The Morgan fingerprint density at radius 2 is 1.57 bits per heavy atom. The van der Waals surface area contributed by atoms with E-state index in [1.54, 1.807) is 0 Å². The average Bonchev–Trinajstić information content (AvgIpc) is 3.44. The van der Waals surface area contributed by atoms with Gasteiger partial charge in [-0.15, -0.1) is 10.2 Å². The van der Waals surface area contributed by atoms with E-state index in [1.807, 2.05) is 6.07 Å². The Kier molecular flexibility index (Phi) is 11.5. The summed E-state index contributed by atoms with van der Waals surface area (Å²) in [4.78, 5) is 15.9. The number of carbonyl (C=O) groups is 1. The van der Waals surface area contributed by atoms with Crippen molar-refractivity contribution >= 4 is 5.91 Å². The number of hydrogen-bond acceptors (Lipinski definition) is 5. The van der Waals surface area contributed by atoms with Crippen molar-refractivity contribution in [3.05, 3.63) is 83.4 Å². The molecule has 1 saturated heterocycles. The quantitative estimate of drug-likeness (QED) is 0.126. The maximum atomic E-state index is 13.1. The Hall–Kier alpha value is -3.03. The molecule has 1 aromatic heterocycles. The Bertz CT molecular complexity index is 1400. The Morgan fingerprint density at radius 1 is 0.894 bits per heavy atom. The SMILES string of the molecule is Cc1nnc(C(C)C)n1C1CC2N(CC[C@H](NC(=O)CCCCCCCCCCOCc3ccccc3)c3ccccc3)C3CCC321. The minimum absolute atomic E-state index is 0.0685. The van der Waals surface area contributed by atoms with Crippen LogP contribution in [0.5, 0.6) is 0 Å². The highest BCUT2D eigenvalue weighted by atomic mass is 16.5. The van der Waals surface area contributed by atoms with Crippen LogP contribution in [0.25, 0.3) is 0 Å². The number of nitrogens with one attached hydrogen (secondary N) is 1. The number of aryl methyl sites for hydroxylation is 1. The normalized spacial score (nSPS) is 23.7. The van der Waals surface area contributed by atoms with Crippen LogP contribution in [0.1, 0.15) is 138 Å². The Labute approximate surface area is 282 Å². The summed E-state index contributed by atoms with van der Waals surface area (Å²) in [5, 5.41) is 12.4. The van der Waals surface area contributed by atoms with Gasteiger partial charge in [-0.3, -0.25) is 9.69 Å². The van der Waals surface area contributed by atoms with Crippen LogP contribution in [-0.2, 0) is 16.1 Å². The van der Waals surface area contributed by atoms with Gasteiger partial charge in [-0.2, -0.15) is 0 Å². The zero-order chi connectivity index (χ0) is 32.6. The summed E-state index contributed by atoms with van der Waals surface area (Å²) < 4.78 is 8.28. The number of ether oxygens (including phenoxy) is 1. The molecule has 2 aromatic carbocycles. The molecule has 0 radical (unpaired) electrons. The molecule has 0 bridgehead atoms. The molecular formula is C40H57N5O2. The van der Waals surface area contributed by atoms with Crippen molar-refractivity contribution in [1.82, 2.24) is 25.0 Å². The molecule has 3 aliphatic rings. The highest BCUT2D eigenvalue weighted by molar-refractivity contribution is 5.76. The molecular weight excluding hydrogens is 582 g/mol. The van der Waals surface area contributed by atoms with Crippen molar-refractivity contribution in [3.63, 3.8) is 0 Å². The highest BCUT2D eigenvalue weighted by Gasteiger charge is 2.75. The van der Waals surface area contributed by atoms with Gasteiger partial charge in [0.05, 0.1) is 12.6 Å². The smallest absolute Gasteiger partial charge is 0.220 e. The molecule has 2 aliphatic carbocycles. The maximum absolute atomic E-state index is 13.1. The van der Waals surface area contributed by atoms with E-state index in [9.17, 15) is 4.79 Å². The topological polar surface area (TPSA) is 72.3 Å². The molecule has 3 fully saturated rings. The van der Waals surface area contributed by atoms with Crippen LogP contribution in [0.3, 0.4) is 0 Å². The lowest BCUT2D eigenvalue weighted by Crippen LogP contribution is -2.85. The first kappa shape index (κ1) is 33.9. The van der Waals surface area contributed by atoms with Crippen LogP contribution in [-0.4, -0.2) is 50.8 Å². The lowest BCUT2D eigenvalue weighted by molar-refractivity contribution is -0.295. The van der Waals surface area contributed by atoms with Crippen LogP contribution in [0.2, 0.25) is 0 Å². The van der Waals surface area contributed by atoms with Crippen molar-refractivity contribution in [1.29, 1.82) is 0 Å². The third-order valence-corrected chi connectivity index (χ3v) is 11.4. The van der Waals surface area contributed by atoms with Crippen molar-refractivity contribution in [2.45, 2.75) is 141 Å². The van der Waals surface area contributed by atoms with Gasteiger partial charge in [0.25, 0.3) is 0 Å². The molecule has 1 spiro atoms. The van der Waals surface area contributed by atoms with E-state index in [-0.39, 0.29) is 11.9 Å². The number of rotatable bonds is 20. The minimum atomic E-state index is 0.0685. The summed E-state index contributed by atoms with van der Waals surface area (Å²) in [6.45, 7) is 9.18. The van der Waals surface area contributed by atoms with Gasteiger partial charge >= 0.3 is 0 Å². The van der Waals surface area contributed by atoms with E-state index in [0.29, 0.717) is 42.5 Å². The number of likely N-dealkylation sites (tertiary alicyclic amines) is 1. The molecule has 2 heterocycles. The van der Waals surface area contributed by atoms with E-state index in [4.69, 9.17) is 4.74 Å². The fourth-order valence-electron chi connectivity index (χ4n) is 8.84. The van der Waals surface area contributed by atoms with Gasteiger partial charge in [0.2, 0.25) is 5.91 Å². The van der Waals surface area contributed by atoms with Gasteiger partial charge < -0.3 is 14.6 Å². The number of benzene rings is 2. The number of aromatic nitrogens is 3. The lowest BCUT2D eigenvalue weighted by Gasteiger charge is -2.80. The third kappa shape index (κ3) is 7.51. The van der Waals surface area contributed by atoms with Crippen LogP contribution in [0.4, 0.5) is 0 Å². The molecule has 5 atom stereocenters. The fraction of sp³-hybridized carbons (Fsp3) is 0.625. The minimum Gasteiger partial charge on any atom is -0.377 e. The molecule has 47 heavy (non-hydrogen) atoms. The molecule has 1 amide bonds.